The molecule has 0 bridgehead atoms. The van der Waals surface area contributed by atoms with Gasteiger partial charge in [0.25, 0.3) is 0 Å². The fraction of sp³-hybridized carbons (Fsp3) is 0.794. The monoisotopic (exact) mass is 1260 g/mol. The first-order valence-corrected chi connectivity index (χ1v) is 45.6. The molecule has 0 spiro atoms. The van der Waals surface area contributed by atoms with Crippen molar-refractivity contribution in [3.8, 4) is 0 Å². The van der Waals surface area contributed by atoms with Gasteiger partial charge in [0.2, 0.25) is 0 Å². The molecule has 0 heterocycles. The van der Waals surface area contributed by atoms with Crippen LogP contribution in [0.15, 0.2) is 72.9 Å². The molecule has 0 radical (unpaired) electrons. The van der Waals surface area contributed by atoms with Crippen LogP contribution in [0.25, 0.3) is 0 Å². The molecule has 75 heavy (non-hydrogen) atoms. The van der Waals surface area contributed by atoms with E-state index in [-0.39, 0.29) is 11.9 Å². The predicted octanol–water partition coefficient (Wildman–Crippen LogP) is 23.6. The van der Waals surface area contributed by atoms with Crippen molar-refractivity contribution < 1.29 is 17.1 Å². The van der Waals surface area contributed by atoms with Crippen molar-refractivity contribution in [3.63, 3.8) is 0 Å². The predicted molar refractivity (Wildman–Crippen MR) is 336 cm³/mol. The Bertz CT molecular complexity index is 1280. The molecular weight excluding hydrogens is 1130 g/mol. The summed E-state index contributed by atoms with van der Waals surface area (Å²) in [6.45, 7) is 13.5. The van der Waals surface area contributed by atoms with Crippen LogP contribution in [0.2, 0.25) is 17.7 Å². The van der Waals surface area contributed by atoms with Gasteiger partial charge in [-0.2, -0.15) is 0 Å². The summed E-state index contributed by atoms with van der Waals surface area (Å²) in [6, 6.07) is 0. The summed E-state index contributed by atoms with van der Waals surface area (Å²) >= 11 is -8.35. The molecule has 0 aromatic rings. The smallest absolute Gasteiger partial charge is 0.0885 e. The fourth-order valence-corrected chi connectivity index (χ4v) is 50.3. The molecule has 0 fully saturated rings. The van der Waals surface area contributed by atoms with Gasteiger partial charge in [-0.3, -0.25) is 0 Å². The molecule has 436 valence electrons. The van der Waals surface area contributed by atoms with Gasteiger partial charge in [-0.05, 0) is 25.7 Å². The van der Waals surface area contributed by atoms with Gasteiger partial charge in [-0.15, -0.1) is 0 Å². The van der Waals surface area contributed by atoms with E-state index in [0.717, 1.165) is 133 Å². The second-order valence-corrected chi connectivity index (χ2v) is 43.9. The minimum atomic E-state index is -4.17. The van der Waals surface area contributed by atoms with Crippen LogP contribution in [0.4, 0.5) is 0 Å². The number of allylic oxidation sites excluding steroid dienone is 12. The summed E-state index contributed by atoms with van der Waals surface area (Å²) in [4.78, 5) is 28.8. The van der Waals surface area contributed by atoms with E-state index in [9.17, 15) is 9.59 Å². The van der Waals surface area contributed by atoms with Crippen molar-refractivity contribution in [2.24, 2.45) is 0 Å². The average Bonchev–Trinajstić information content (AvgIpc) is 3.40. The number of carbonyl (C=O) groups is 2. The first-order valence-electron chi connectivity index (χ1n) is 32.9. The zero-order valence-electron chi connectivity index (χ0n) is 50.9. The van der Waals surface area contributed by atoms with Crippen LogP contribution < -0.4 is 0 Å². The Morgan fingerprint density at radius 3 is 0.813 bits per heavy atom. The van der Waals surface area contributed by atoms with Crippen molar-refractivity contribution in [1.29, 1.82) is 0 Å². The summed E-state index contributed by atoms with van der Waals surface area (Å²) < 4.78 is 26.0. The summed E-state index contributed by atoms with van der Waals surface area (Å²) in [5.41, 5.74) is 0. The minimum absolute atomic E-state index is 0.0163. The van der Waals surface area contributed by atoms with Gasteiger partial charge in [0, 0.05) is 0 Å². The standard InChI is InChI=1S/2C18H30O2.4C8H17.O.2Sn/c2*1-2-3-4-5-6-7-8-9-10-11-12-13-14-15-16-17-18(19)20;4*1-3-5-7-8-6-4-2;;;/h2*3-4,6-7,9-10H,2,5,8,11-17H2,1H3,(H,19,20);4*1,3-8H2,2H3;;;/q;;;;;;;2*+1/p-2/b4-3+,7-6+,10-9+;4-3-,7-6-,10-9-;;;;;;;. The third kappa shape index (κ3) is 50.9. The van der Waals surface area contributed by atoms with Crippen LogP contribution >= 0.6 is 0 Å². The second-order valence-electron chi connectivity index (χ2n) is 22.1. The number of rotatable bonds is 58. The summed E-state index contributed by atoms with van der Waals surface area (Å²) in [7, 11) is 0. The molecule has 0 atom stereocenters. The van der Waals surface area contributed by atoms with E-state index in [4.69, 9.17) is 7.56 Å². The molecule has 0 rings (SSSR count). The molecule has 0 aliphatic rings. The van der Waals surface area contributed by atoms with E-state index in [2.05, 4.69) is 114 Å². The van der Waals surface area contributed by atoms with Crippen LogP contribution in [0.3, 0.4) is 0 Å². The molecule has 0 aromatic heterocycles. The zero-order chi connectivity index (χ0) is 54.7. The number of unbranched alkanes of at least 4 members (excludes halogenated alkanes) is 30. The fourth-order valence-electron chi connectivity index (χ4n) is 10.0. The van der Waals surface area contributed by atoms with Crippen LogP contribution in [0.5, 0.6) is 0 Å². The summed E-state index contributed by atoms with van der Waals surface area (Å²) in [5, 5.41) is 0. The molecule has 0 aromatic carbocycles. The molecule has 0 aliphatic heterocycles. The van der Waals surface area contributed by atoms with Crippen LogP contribution in [-0.4, -0.2) is 50.3 Å². The van der Waals surface area contributed by atoms with Crippen molar-refractivity contribution in [2.75, 3.05) is 0 Å². The topological polar surface area (TPSA) is 61.8 Å². The maximum atomic E-state index is 14.4. The SMILES string of the molecule is CC/C=C\C/C=C\C/C=C\CCCCCCCC(=O)[O][Sn]([CH2]CCCCCCC)([CH2]CCCCCCC)[O][Sn]([CH2]CCCCCCC)([CH2]CCCCCCC)[O]C(=O)CCCCCCC/C=C/C/C=C/C/C=C/CC. The van der Waals surface area contributed by atoms with E-state index in [0.29, 0.717) is 12.8 Å². The molecular formula is C68H126O5Sn2. The Labute approximate surface area is 478 Å². The molecule has 5 nitrogen and oxygen atoms in total. The van der Waals surface area contributed by atoms with Gasteiger partial charge in [-0.1, -0.05) is 62.5 Å². The Morgan fingerprint density at radius 2 is 0.520 bits per heavy atom. The first-order chi connectivity index (χ1) is 36.9. The molecule has 7 heteroatoms. The zero-order valence-corrected chi connectivity index (χ0v) is 56.6. The van der Waals surface area contributed by atoms with Crippen LogP contribution in [0.1, 0.15) is 324 Å². The van der Waals surface area contributed by atoms with E-state index in [1.54, 1.807) is 0 Å². The van der Waals surface area contributed by atoms with Crippen molar-refractivity contribution >= 4 is 50.3 Å². The Morgan fingerprint density at radius 1 is 0.280 bits per heavy atom. The number of hydrogen-bond donors (Lipinski definition) is 0. The Balaban J connectivity index is 6.37. The molecule has 0 saturated heterocycles. The van der Waals surface area contributed by atoms with E-state index < -0.39 is 38.4 Å². The van der Waals surface area contributed by atoms with Crippen molar-refractivity contribution in [3.05, 3.63) is 72.9 Å². The average molecular weight is 1260 g/mol. The Hall–Kier alpha value is -1.06. The van der Waals surface area contributed by atoms with Crippen LogP contribution in [0, 0.1) is 0 Å². The molecule has 0 amide bonds. The van der Waals surface area contributed by atoms with E-state index in [1.807, 2.05) is 0 Å². The van der Waals surface area contributed by atoms with Gasteiger partial charge >= 0.3 is 394 Å². The summed E-state index contributed by atoms with van der Waals surface area (Å²) in [5.74, 6) is -0.0326. The quantitative estimate of drug-likeness (QED) is 0.0345. The molecule has 0 aliphatic carbocycles. The Kier molecular flexibility index (Phi) is 58.2. The van der Waals surface area contributed by atoms with Crippen molar-refractivity contribution in [2.45, 2.75) is 342 Å². The number of hydrogen-bond acceptors (Lipinski definition) is 5. The minimum Gasteiger partial charge on any atom is -0.0885 e. The van der Waals surface area contributed by atoms with Gasteiger partial charge in [0.1, 0.15) is 0 Å². The van der Waals surface area contributed by atoms with Gasteiger partial charge in [0.15, 0.2) is 0 Å². The first kappa shape index (κ1) is 73.9. The van der Waals surface area contributed by atoms with Crippen molar-refractivity contribution in [1.82, 2.24) is 0 Å². The van der Waals surface area contributed by atoms with E-state index >= 15 is 0 Å². The van der Waals surface area contributed by atoms with Gasteiger partial charge < -0.3 is 0 Å². The van der Waals surface area contributed by atoms with Gasteiger partial charge in [0.05, 0.1) is 0 Å². The molecule has 0 unspecified atom stereocenters. The van der Waals surface area contributed by atoms with Crippen LogP contribution in [-0.2, 0) is 17.1 Å². The summed E-state index contributed by atoms with van der Waals surface area (Å²) in [6.07, 6.45) is 76.8. The number of carbonyl (C=O) groups excluding carboxylic acids is 2. The third-order valence-corrected chi connectivity index (χ3v) is 47.2. The molecule has 0 N–H and O–H groups in total. The third-order valence-electron chi connectivity index (χ3n) is 14.7. The van der Waals surface area contributed by atoms with Gasteiger partial charge in [-0.25, -0.2) is 0 Å². The normalized spacial score (nSPS) is 12.7. The van der Waals surface area contributed by atoms with E-state index in [1.165, 1.54) is 154 Å². The second kappa shape index (κ2) is 59.1. The maximum absolute atomic E-state index is 14.4. The molecule has 0 saturated carbocycles.